The van der Waals surface area contributed by atoms with E-state index in [0.717, 1.165) is 44.2 Å². The third kappa shape index (κ3) is 8.52. The molecule has 1 unspecified atom stereocenters. The molecule has 0 aromatic heterocycles. The van der Waals surface area contributed by atoms with Gasteiger partial charge in [-0.2, -0.15) is 13.2 Å². The SMILES string of the molecule is CCC(C(=O)NC1CCCCC1)N(Cc1ccc(OC)cc1)C(=O)CN(c1cc(C(F)(F)F)ccc1Cl)S(=O)(=O)c1ccccc1. The standard InChI is InChI=1S/C33H37ClF3N3O5S/c1-3-29(32(42)38-25-10-6-4-7-11-25)39(21-23-14-17-26(45-2)18-15-23)31(41)22-40(46(43,44)27-12-8-5-9-13-27)30-20-24(33(35,36)37)16-19-28(30)34/h5,8-9,12-20,25,29H,3-4,6-7,10-11,21-22H2,1-2H3,(H,38,42). The van der Waals surface area contributed by atoms with Crippen molar-refractivity contribution in [1.82, 2.24) is 10.2 Å². The van der Waals surface area contributed by atoms with Crippen LogP contribution in [0, 0.1) is 0 Å². The van der Waals surface area contributed by atoms with Gasteiger partial charge in [-0.3, -0.25) is 13.9 Å². The summed E-state index contributed by atoms with van der Waals surface area (Å²) in [5.41, 5.74) is -1.02. The second kappa shape index (κ2) is 15.2. The molecule has 3 aromatic carbocycles. The summed E-state index contributed by atoms with van der Waals surface area (Å²) < 4.78 is 75.1. The smallest absolute Gasteiger partial charge is 0.416 e. The first-order valence-corrected chi connectivity index (χ1v) is 16.8. The summed E-state index contributed by atoms with van der Waals surface area (Å²) in [5, 5.41) is 2.75. The van der Waals surface area contributed by atoms with Gasteiger partial charge in [0.2, 0.25) is 11.8 Å². The summed E-state index contributed by atoms with van der Waals surface area (Å²) in [5.74, 6) is -0.608. The highest BCUT2D eigenvalue weighted by atomic mass is 35.5. The Kier molecular flexibility index (Phi) is 11.6. The molecule has 1 fully saturated rings. The zero-order chi connectivity index (χ0) is 33.5. The Morgan fingerprint density at radius 2 is 1.65 bits per heavy atom. The number of carbonyl (C=O) groups is 2. The van der Waals surface area contributed by atoms with Crippen molar-refractivity contribution < 1.29 is 35.9 Å². The minimum absolute atomic E-state index is 0.0490. The molecule has 13 heteroatoms. The summed E-state index contributed by atoms with van der Waals surface area (Å²) in [6.45, 7) is 0.748. The molecule has 1 saturated carbocycles. The molecule has 0 saturated heterocycles. The molecule has 0 aliphatic heterocycles. The van der Waals surface area contributed by atoms with Crippen molar-refractivity contribution >= 4 is 39.1 Å². The maximum atomic E-state index is 14.3. The zero-order valence-electron chi connectivity index (χ0n) is 25.6. The number of sulfonamides is 1. The predicted octanol–water partition coefficient (Wildman–Crippen LogP) is 6.82. The van der Waals surface area contributed by atoms with Crippen molar-refractivity contribution in [2.75, 3.05) is 18.0 Å². The fraction of sp³-hybridized carbons (Fsp3) is 0.394. The van der Waals surface area contributed by atoms with Crippen LogP contribution in [0.15, 0.2) is 77.7 Å². The highest BCUT2D eigenvalue weighted by Gasteiger charge is 2.37. The highest BCUT2D eigenvalue weighted by Crippen LogP contribution is 2.37. The molecule has 1 aliphatic carbocycles. The van der Waals surface area contributed by atoms with Crippen LogP contribution >= 0.6 is 11.6 Å². The van der Waals surface area contributed by atoms with Gasteiger partial charge in [0.1, 0.15) is 18.3 Å². The van der Waals surface area contributed by atoms with Crippen molar-refractivity contribution in [3.8, 4) is 5.75 Å². The first kappa shape index (κ1) is 35.1. The number of benzene rings is 3. The Labute approximate surface area is 272 Å². The molecule has 3 aromatic rings. The van der Waals surface area contributed by atoms with Crippen molar-refractivity contribution in [3.05, 3.63) is 88.9 Å². The number of alkyl halides is 3. The minimum Gasteiger partial charge on any atom is -0.497 e. The Balaban J connectivity index is 1.77. The predicted molar refractivity (Wildman–Crippen MR) is 170 cm³/mol. The van der Waals surface area contributed by atoms with Crippen LogP contribution in [0.25, 0.3) is 0 Å². The van der Waals surface area contributed by atoms with Gasteiger partial charge in [-0.25, -0.2) is 8.42 Å². The van der Waals surface area contributed by atoms with Gasteiger partial charge in [-0.15, -0.1) is 0 Å². The number of carbonyl (C=O) groups excluding carboxylic acids is 2. The van der Waals surface area contributed by atoms with E-state index < -0.39 is 45.9 Å². The third-order valence-corrected chi connectivity index (χ3v) is 10.1. The lowest BCUT2D eigenvalue weighted by molar-refractivity contribution is -0.140. The van der Waals surface area contributed by atoms with Gasteiger partial charge in [0.05, 0.1) is 28.3 Å². The Morgan fingerprint density at radius 3 is 2.24 bits per heavy atom. The minimum atomic E-state index is -4.81. The largest absolute Gasteiger partial charge is 0.497 e. The molecule has 1 aliphatic rings. The van der Waals surface area contributed by atoms with Gasteiger partial charge >= 0.3 is 6.18 Å². The molecule has 1 N–H and O–H groups in total. The molecule has 8 nitrogen and oxygen atoms in total. The van der Waals surface area contributed by atoms with E-state index in [-0.39, 0.29) is 34.8 Å². The van der Waals surface area contributed by atoms with E-state index in [4.69, 9.17) is 16.3 Å². The van der Waals surface area contributed by atoms with Crippen LogP contribution in [0.1, 0.15) is 56.6 Å². The summed E-state index contributed by atoms with van der Waals surface area (Å²) in [4.78, 5) is 29.0. The van der Waals surface area contributed by atoms with E-state index in [1.165, 1.54) is 36.3 Å². The average molecular weight is 680 g/mol. The Hall–Kier alpha value is -3.77. The van der Waals surface area contributed by atoms with E-state index >= 15 is 0 Å². The van der Waals surface area contributed by atoms with E-state index in [0.29, 0.717) is 21.7 Å². The van der Waals surface area contributed by atoms with E-state index in [1.54, 1.807) is 37.3 Å². The number of anilines is 1. The lowest BCUT2D eigenvalue weighted by Gasteiger charge is -2.34. The number of nitrogens with one attached hydrogen (secondary N) is 1. The summed E-state index contributed by atoms with van der Waals surface area (Å²) in [6.07, 6.45) is 0.0418. The molecule has 0 spiro atoms. The van der Waals surface area contributed by atoms with Crippen LogP contribution < -0.4 is 14.4 Å². The number of hydrogen-bond donors (Lipinski definition) is 1. The topological polar surface area (TPSA) is 96.0 Å². The maximum Gasteiger partial charge on any atom is 0.416 e. The number of amides is 2. The molecule has 2 amide bonds. The fourth-order valence-corrected chi connectivity index (χ4v) is 7.22. The van der Waals surface area contributed by atoms with Crippen molar-refractivity contribution in [1.29, 1.82) is 0 Å². The molecule has 0 bridgehead atoms. The monoisotopic (exact) mass is 679 g/mol. The van der Waals surface area contributed by atoms with Crippen molar-refractivity contribution in [3.63, 3.8) is 0 Å². The van der Waals surface area contributed by atoms with Gasteiger partial charge in [-0.1, -0.05) is 68.1 Å². The number of hydrogen-bond acceptors (Lipinski definition) is 5. The molecule has 46 heavy (non-hydrogen) atoms. The van der Waals surface area contributed by atoms with Gasteiger partial charge in [0.15, 0.2) is 0 Å². The third-order valence-electron chi connectivity index (χ3n) is 8.00. The summed E-state index contributed by atoms with van der Waals surface area (Å²) in [7, 11) is -3.10. The number of nitrogens with zero attached hydrogens (tertiary/aromatic N) is 2. The first-order valence-electron chi connectivity index (χ1n) is 15.0. The van der Waals surface area contributed by atoms with Crippen molar-refractivity contribution in [2.45, 2.75) is 75.1 Å². The average Bonchev–Trinajstić information content (AvgIpc) is 3.04. The highest BCUT2D eigenvalue weighted by molar-refractivity contribution is 7.92. The second-order valence-electron chi connectivity index (χ2n) is 11.1. The molecular weight excluding hydrogens is 643 g/mol. The molecule has 4 rings (SSSR count). The summed E-state index contributed by atoms with van der Waals surface area (Å²) >= 11 is 6.33. The zero-order valence-corrected chi connectivity index (χ0v) is 27.2. The van der Waals surface area contributed by atoms with Gasteiger partial charge < -0.3 is 15.0 Å². The summed E-state index contributed by atoms with van der Waals surface area (Å²) in [6, 6.07) is 15.1. The van der Waals surface area contributed by atoms with E-state index in [9.17, 15) is 31.2 Å². The van der Waals surface area contributed by atoms with Crippen LogP contribution in [0.2, 0.25) is 5.02 Å². The quantitative estimate of drug-likeness (QED) is 0.227. The number of rotatable bonds is 12. The number of methoxy groups -OCH3 is 1. The molecule has 0 radical (unpaired) electrons. The van der Waals surface area contributed by atoms with Crippen molar-refractivity contribution in [2.24, 2.45) is 0 Å². The van der Waals surface area contributed by atoms with Crippen LogP contribution in [0.4, 0.5) is 18.9 Å². The van der Waals surface area contributed by atoms with E-state index in [2.05, 4.69) is 5.32 Å². The maximum absolute atomic E-state index is 14.3. The van der Waals surface area contributed by atoms with Crippen LogP contribution in [-0.4, -0.2) is 50.9 Å². The van der Waals surface area contributed by atoms with Crippen LogP contribution in [0.3, 0.4) is 0 Å². The number of halogens is 4. The molecule has 1 atom stereocenters. The van der Waals surface area contributed by atoms with Crippen LogP contribution in [-0.2, 0) is 32.3 Å². The lowest BCUT2D eigenvalue weighted by atomic mass is 9.95. The fourth-order valence-electron chi connectivity index (χ4n) is 5.50. The first-order chi connectivity index (χ1) is 21.8. The number of ether oxygens (including phenoxy) is 1. The lowest BCUT2D eigenvalue weighted by Crippen LogP contribution is -2.54. The normalized spacial score (nSPS) is 14.7. The molecule has 0 heterocycles. The molecular formula is C33H37ClF3N3O5S. The van der Waals surface area contributed by atoms with Gasteiger partial charge in [0, 0.05) is 12.6 Å². The molecule has 248 valence electrons. The Morgan fingerprint density at radius 1 is 1.00 bits per heavy atom. The van der Waals surface area contributed by atoms with Gasteiger partial charge in [0.25, 0.3) is 10.0 Å². The second-order valence-corrected chi connectivity index (χ2v) is 13.4. The van der Waals surface area contributed by atoms with Gasteiger partial charge in [-0.05, 0) is 67.3 Å². The van der Waals surface area contributed by atoms with E-state index in [1.807, 2.05) is 0 Å². The van der Waals surface area contributed by atoms with Crippen LogP contribution in [0.5, 0.6) is 5.75 Å². The Bertz CT molecular complexity index is 1600.